The van der Waals surface area contributed by atoms with E-state index in [-0.39, 0.29) is 11.6 Å². The Balaban J connectivity index is 1.67. The predicted octanol–water partition coefficient (Wildman–Crippen LogP) is 4.06. The summed E-state index contributed by atoms with van der Waals surface area (Å²) in [5.74, 6) is 6.88. The smallest absolute Gasteiger partial charge is 0.209 e. The van der Waals surface area contributed by atoms with Gasteiger partial charge in [-0.15, -0.1) is 0 Å². The minimum absolute atomic E-state index is 0.260. The van der Waals surface area contributed by atoms with Crippen molar-refractivity contribution in [2.45, 2.75) is 44.8 Å². The fourth-order valence-electron chi connectivity index (χ4n) is 3.78. The first-order chi connectivity index (χ1) is 13.8. The predicted molar refractivity (Wildman–Crippen MR) is 115 cm³/mol. The lowest BCUT2D eigenvalue weighted by atomic mass is 9.79. The van der Waals surface area contributed by atoms with Gasteiger partial charge in [-0.05, 0) is 48.8 Å². The van der Waals surface area contributed by atoms with Crippen LogP contribution in [0.15, 0.2) is 24.5 Å². The van der Waals surface area contributed by atoms with Crippen molar-refractivity contribution in [3.8, 4) is 11.8 Å². The minimum Gasteiger partial charge on any atom is -0.382 e. The summed E-state index contributed by atoms with van der Waals surface area (Å²) in [7, 11) is 0. The highest BCUT2D eigenvalue weighted by Crippen LogP contribution is 2.31. The SMILES string of the molecule is C[C@@H]1CCC[C@@](O)(C#Cc2nc(N)c3ncn(Cc4ccc(Cl)c(Cl)c4)c3n2)C1. The fraction of sp³-hybridized carbons (Fsp3) is 0.381. The summed E-state index contributed by atoms with van der Waals surface area (Å²) in [6.45, 7) is 2.63. The largest absolute Gasteiger partial charge is 0.382 e. The first kappa shape index (κ1) is 20.0. The van der Waals surface area contributed by atoms with E-state index in [1.165, 1.54) is 0 Å². The third-order valence-electron chi connectivity index (χ3n) is 5.21. The van der Waals surface area contributed by atoms with Gasteiger partial charge in [0.05, 0.1) is 22.9 Å². The Bertz CT molecular complexity index is 1130. The number of nitrogens with zero attached hydrogens (tertiary/aromatic N) is 4. The molecule has 0 radical (unpaired) electrons. The standard InChI is InChI=1S/C21H21Cl2N5O/c1-13-3-2-7-21(29,10-13)8-6-17-26-19(24)18-20(27-17)28(12-25-18)11-14-4-5-15(22)16(23)9-14/h4-5,9,12-13,29H,2-3,7,10-11H2,1H3,(H2,24,26,27)/t13-,21-/m1/s1. The first-order valence-corrected chi connectivity index (χ1v) is 10.3. The molecule has 8 heteroatoms. The lowest BCUT2D eigenvalue weighted by molar-refractivity contribution is 0.0410. The maximum absolute atomic E-state index is 10.7. The first-order valence-electron chi connectivity index (χ1n) is 9.51. The number of nitrogen functional groups attached to an aromatic ring is 1. The van der Waals surface area contributed by atoms with Crippen LogP contribution in [-0.4, -0.2) is 30.2 Å². The van der Waals surface area contributed by atoms with Gasteiger partial charge in [-0.25, -0.2) is 15.0 Å². The van der Waals surface area contributed by atoms with Crippen molar-refractivity contribution in [1.29, 1.82) is 0 Å². The van der Waals surface area contributed by atoms with Gasteiger partial charge in [0.15, 0.2) is 11.5 Å². The monoisotopic (exact) mass is 429 g/mol. The molecule has 0 saturated heterocycles. The van der Waals surface area contributed by atoms with E-state index in [4.69, 9.17) is 28.9 Å². The Hall–Kier alpha value is -2.33. The molecule has 6 nitrogen and oxygen atoms in total. The molecule has 1 saturated carbocycles. The molecular weight excluding hydrogens is 409 g/mol. The van der Waals surface area contributed by atoms with E-state index in [1.54, 1.807) is 18.5 Å². The van der Waals surface area contributed by atoms with E-state index in [2.05, 4.69) is 33.7 Å². The van der Waals surface area contributed by atoms with Crippen LogP contribution < -0.4 is 5.73 Å². The van der Waals surface area contributed by atoms with Crippen molar-refractivity contribution in [3.05, 3.63) is 46.0 Å². The van der Waals surface area contributed by atoms with E-state index in [0.29, 0.717) is 46.5 Å². The molecule has 0 bridgehead atoms. The number of benzene rings is 1. The summed E-state index contributed by atoms with van der Waals surface area (Å²) >= 11 is 12.1. The van der Waals surface area contributed by atoms with Gasteiger partial charge in [0.2, 0.25) is 5.82 Å². The van der Waals surface area contributed by atoms with Gasteiger partial charge in [0.1, 0.15) is 11.1 Å². The zero-order chi connectivity index (χ0) is 20.6. The molecule has 2 aromatic heterocycles. The average molecular weight is 430 g/mol. The van der Waals surface area contributed by atoms with Crippen LogP contribution in [0.4, 0.5) is 5.82 Å². The van der Waals surface area contributed by atoms with Gasteiger partial charge in [-0.3, -0.25) is 0 Å². The number of hydrogen-bond acceptors (Lipinski definition) is 5. The van der Waals surface area contributed by atoms with Crippen LogP contribution in [0.3, 0.4) is 0 Å². The molecule has 4 rings (SSSR count). The van der Waals surface area contributed by atoms with E-state index in [1.807, 2.05) is 10.6 Å². The van der Waals surface area contributed by atoms with E-state index >= 15 is 0 Å². The molecule has 0 aliphatic heterocycles. The number of aromatic nitrogens is 4. The highest BCUT2D eigenvalue weighted by molar-refractivity contribution is 6.42. The molecule has 3 N–H and O–H groups in total. The molecule has 0 amide bonds. The quantitative estimate of drug-likeness (QED) is 0.599. The highest BCUT2D eigenvalue weighted by Gasteiger charge is 2.30. The molecule has 29 heavy (non-hydrogen) atoms. The summed E-state index contributed by atoms with van der Waals surface area (Å²) in [6.07, 6.45) is 5.06. The Labute approximate surface area is 179 Å². The number of nitrogens with two attached hydrogens (primary N) is 1. The normalized spacial score (nSPS) is 21.7. The number of anilines is 1. The van der Waals surface area contributed by atoms with Gasteiger partial charge in [-0.2, -0.15) is 0 Å². The van der Waals surface area contributed by atoms with Gasteiger partial charge in [0, 0.05) is 0 Å². The molecule has 3 aromatic rings. The van der Waals surface area contributed by atoms with E-state index < -0.39 is 5.60 Å². The van der Waals surface area contributed by atoms with Crippen molar-refractivity contribution < 1.29 is 5.11 Å². The van der Waals surface area contributed by atoms with Crippen LogP contribution in [0.1, 0.15) is 44.0 Å². The molecule has 1 aliphatic carbocycles. The van der Waals surface area contributed by atoms with Crippen molar-refractivity contribution >= 4 is 40.2 Å². The second-order valence-corrected chi connectivity index (χ2v) is 8.52. The molecule has 150 valence electrons. The van der Waals surface area contributed by atoms with Gasteiger partial charge in [-0.1, -0.05) is 48.5 Å². The molecule has 1 fully saturated rings. The van der Waals surface area contributed by atoms with Gasteiger partial charge in [0.25, 0.3) is 0 Å². The Kier molecular flexibility index (Phi) is 5.39. The molecular formula is C21H21Cl2N5O. The summed E-state index contributed by atoms with van der Waals surface area (Å²) < 4.78 is 1.86. The maximum atomic E-state index is 10.7. The van der Waals surface area contributed by atoms with Crippen molar-refractivity contribution in [1.82, 2.24) is 19.5 Å². The van der Waals surface area contributed by atoms with Crippen molar-refractivity contribution in [3.63, 3.8) is 0 Å². The lowest BCUT2D eigenvalue weighted by Gasteiger charge is -2.30. The summed E-state index contributed by atoms with van der Waals surface area (Å²) in [5, 5.41) is 11.7. The zero-order valence-corrected chi connectivity index (χ0v) is 17.5. The van der Waals surface area contributed by atoms with Crippen molar-refractivity contribution in [2.24, 2.45) is 5.92 Å². The summed E-state index contributed by atoms with van der Waals surface area (Å²) in [6, 6.07) is 5.45. The third-order valence-corrected chi connectivity index (χ3v) is 5.95. The second-order valence-electron chi connectivity index (χ2n) is 7.71. The number of aliphatic hydroxyl groups is 1. The molecule has 0 unspecified atom stereocenters. The second kappa shape index (κ2) is 7.83. The third kappa shape index (κ3) is 4.32. The average Bonchev–Trinajstić information content (AvgIpc) is 3.06. The minimum atomic E-state index is -0.995. The van der Waals surface area contributed by atoms with Crippen LogP contribution >= 0.6 is 23.2 Å². The number of imidazole rings is 1. The van der Waals surface area contributed by atoms with Crippen LogP contribution in [0.2, 0.25) is 10.0 Å². The molecule has 2 atom stereocenters. The summed E-state index contributed by atoms with van der Waals surface area (Å²) in [4.78, 5) is 13.1. The Morgan fingerprint density at radius 1 is 1.31 bits per heavy atom. The molecule has 0 spiro atoms. The van der Waals surface area contributed by atoms with E-state index in [0.717, 1.165) is 18.4 Å². The number of rotatable bonds is 2. The topological polar surface area (TPSA) is 89.9 Å². The van der Waals surface area contributed by atoms with E-state index in [9.17, 15) is 5.11 Å². The fourth-order valence-corrected chi connectivity index (χ4v) is 4.10. The number of hydrogen-bond donors (Lipinski definition) is 2. The highest BCUT2D eigenvalue weighted by atomic mass is 35.5. The van der Waals surface area contributed by atoms with Crippen LogP contribution in [0.5, 0.6) is 0 Å². The molecule has 2 heterocycles. The van der Waals surface area contributed by atoms with Crippen LogP contribution in [0, 0.1) is 17.8 Å². The Morgan fingerprint density at radius 3 is 2.90 bits per heavy atom. The summed E-state index contributed by atoms with van der Waals surface area (Å²) in [5.41, 5.74) is 7.13. The van der Waals surface area contributed by atoms with Crippen LogP contribution in [0.25, 0.3) is 11.2 Å². The molecule has 1 aromatic carbocycles. The molecule has 1 aliphatic rings. The Morgan fingerprint density at radius 2 is 2.14 bits per heavy atom. The number of fused-ring (bicyclic) bond motifs is 1. The maximum Gasteiger partial charge on any atom is 0.209 e. The number of halogens is 2. The van der Waals surface area contributed by atoms with Crippen LogP contribution in [-0.2, 0) is 6.54 Å². The lowest BCUT2D eigenvalue weighted by Crippen LogP contribution is -2.32. The van der Waals surface area contributed by atoms with Gasteiger partial charge >= 0.3 is 0 Å². The van der Waals surface area contributed by atoms with Crippen molar-refractivity contribution in [2.75, 3.05) is 5.73 Å². The zero-order valence-electron chi connectivity index (χ0n) is 16.0. The van der Waals surface area contributed by atoms with Gasteiger partial charge < -0.3 is 15.4 Å².